The standard InChI is InChI=1S/C14H14ClN5/c1-10-18-19-14-13(17-7-8-20(10)14)16-6-5-11-3-2-4-12(15)9-11/h2-4,7-9H,5-6H2,1H3,(H,16,17). The number of hydrogen-bond donors (Lipinski definition) is 1. The van der Waals surface area contributed by atoms with Crippen molar-refractivity contribution in [2.24, 2.45) is 0 Å². The van der Waals surface area contributed by atoms with Gasteiger partial charge in [0, 0.05) is 24.0 Å². The summed E-state index contributed by atoms with van der Waals surface area (Å²) in [5.41, 5.74) is 1.94. The van der Waals surface area contributed by atoms with Crippen LogP contribution in [0.25, 0.3) is 5.65 Å². The van der Waals surface area contributed by atoms with Crippen molar-refractivity contribution in [3.63, 3.8) is 0 Å². The second-order valence-corrected chi connectivity index (χ2v) is 4.96. The van der Waals surface area contributed by atoms with Gasteiger partial charge in [-0.05, 0) is 31.0 Å². The Balaban J connectivity index is 1.71. The summed E-state index contributed by atoms with van der Waals surface area (Å²) in [6.45, 7) is 2.68. The molecule has 2 heterocycles. The molecule has 20 heavy (non-hydrogen) atoms. The summed E-state index contributed by atoms with van der Waals surface area (Å²) >= 11 is 5.97. The van der Waals surface area contributed by atoms with Crippen LogP contribution < -0.4 is 5.32 Å². The molecule has 0 atom stereocenters. The van der Waals surface area contributed by atoms with Crippen molar-refractivity contribution < 1.29 is 0 Å². The van der Waals surface area contributed by atoms with E-state index in [1.807, 2.05) is 35.7 Å². The summed E-state index contributed by atoms with van der Waals surface area (Å²) < 4.78 is 1.91. The minimum Gasteiger partial charge on any atom is -0.367 e. The quantitative estimate of drug-likeness (QED) is 0.802. The van der Waals surface area contributed by atoms with Gasteiger partial charge in [-0.1, -0.05) is 23.7 Å². The third-order valence-corrected chi connectivity index (χ3v) is 3.33. The van der Waals surface area contributed by atoms with Gasteiger partial charge in [0.15, 0.2) is 5.82 Å². The van der Waals surface area contributed by atoms with Gasteiger partial charge in [0.2, 0.25) is 5.65 Å². The number of anilines is 1. The van der Waals surface area contributed by atoms with E-state index in [2.05, 4.69) is 26.6 Å². The molecular formula is C14H14ClN5. The molecule has 0 aliphatic heterocycles. The van der Waals surface area contributed by atoms with E-state index in [1.165, 1.54) is 5.56 Å². The van der Waals surface area contributed by atoms with E-state index in [1.54, 1.807) is 6.20 Å². The van der Waals surface area contributed by atoms with Gasteiger partial charge in [0.25, 0.3) is 0 Å². The van der Waals surface area contributed by atoms with Crippen LogP contribution in [0.2, 0.25) is 5.02 Å². The molecule has 0 amide bonds. The molecule has 0 aliphatic rings. The molecule has 3 aromatic rings. The lowest BCUT2D eigenvalue weighted by molar-refractivity contribution is 0.988. The third-order valence-electron chi connectivity index (χ3n) is 3.09. The molecule has 102 valence electrons. The number of halogens is 1. The number of aryl methyl sites for hydroxylation is 1. The second-order valence-electron chi connectivity index (χ2n) is 4.52. The Morgan fingerprint density at radius 1 is 1.30 bits per heavy atom. The minimum atomic E-state index is 0.745. The van der Waals surface area contributed by atoms with Crippen LogP contribution in [0.3, 0.4) is 0 Å². The van der Waals surface area contributed by atoms with Crippen LogP contribution in [0, 0.1) is 6.92 Å². The molecular weight excluding hydrogens is 274 g/mol. The normalized spacial score (nSPS) is 10.9. The highest BCUT2D eigenvalue weighted by Gasteiger charge is 2.06. The van der Waals surface area contributed by atoms with Crippen LogP contribution in [0.15, 0.2) is 36.7 Å². The Morgan fingerprint density at radius 3 is 3.05 bits per heavy atom. The molecule has 0 spiro atoms. The van der Waals surface area contributed by atoms with Crippen LogP contribution in [-0.2, 0) is 6.42 Å². The first-order valence-electron chi connectivity index (χ1n) is 6.39. The average Bonchev–Trinajstić information content (AvgIpc) is 2.82. The summed E-state index contributed by atoms with van der Waals surface area (Å²) in [7, 11) is 0. The predicted molar refractivity (Wildman–Crippen MR) is 79.2 cm³/mol. The van der Waals surface area contributed by atoms with Gasteiger partial charge in [0.05, 0.1) is 0 Å². The van der Waals surface area contributed by atoms with Crippen molar-refractivity contribution in [3.05, 3.63) is 53.1 Å². The Morgan fingerprint density at radius 2 is 2.20 bits per heavy atom. The zero-order valence-electron chi connectivity index (χ0n) is 11.0. The number of hydrogen-bond acceptors (Lipinski definition) is 4. The predicted octanol–water partition coefficient (Wildman–Crippen LogP) is 2.74. The van der Waals surface area contributed by atoms with Crippen LogP contribution in [0.5, 0.6) is 0 Å². The molecule has 0 saturated heterocycles. The maximum absolute atomic E-state index is 5.97. The van der Waals surface area contributed by atoms with E-state index in [9.17, 15) is 0 Å². The molecule has 0 bridgehead atoms. The lowest BCUT2D eigenvalue weighted by Crippen LogP contribution is -2.08. The number of aromatic nitrogens is 4. The number of rotatable bonds is 4. The number of fused-ring (bicyclic) bond motifs is 1. The molecule has 5 nitrogen and oxygen atoms in total. The van der Waals surface area contributed by atoms with Gasteiger partial charge in [-0.25, -0.2) is 4.98 Å². The van der Waals surface area contributed by atoms with Gasteiger partial charge in [-0.15, -0.1) is 10.2 Å². The van der Waals surface area contributed by atoms with Crippen LogP contribution in [-0.4, -0.2) is 26.1 Å². The van der Waals surface area contributed by atoms with E-state index in [-0.39, 0.29) is 0 Å². The van der Waals surface area contributed by atoms with E-state index in [0.29, 0.717) is 0 Å². The SMILES string of the molecule is Cc1nnc2c(NCCc3cccc(Cl)c3)nccn12. The lowest BCUT2D eigenvalue weighted by Gasteiger charge is -2.06. The van der Waals surface area contributed by atoms with Gasteiger partial charge < -0.3 is 5.32 Å². The number of benzene rings is 1. The van der Waals surface area contributed by atoms with Crippen LogP contribution in [0.1, 0.15) is 11.4 Å². The van der Waals surface area contributed by atoms with Crippen molar-refractivity contribution in [2.75, 3.05) is 11.9 Å². The summed E-state index contributed by atoms with van der Waals surface area (Å²) in [4.78, 5) is 4.31. The molecule has 1 aromatic carbocycles. The maximum atomic E-state index is 5.97. The van der Waals surface area contributed by atoms with Crippen molar-refractivity contribution in [3.8, 4) is 0 Å². The lowest BCUT2D eigenvalue weighted by atomic mass is 10.1. The Labute approximate surface area is 121 Å². The van der Waals surface area contributed by atoms with Gasteiger partial charge in [-0.2, -0.15) is 0 Å². The minimum absolute atomic E-state index is 0.745. The summed E-state index contributed by atoms with van der Waals surface area (Å²) in [5.74, 6) is 1.59. The monoisotopic (exact) mass is 287 g/mol. The molecule has 0 fully saturated rings. The van der Waals surface area contributed by atoms with Crippen molar-refractivity contribution in [1.82, 2.24) is 19.6 Å². The Hall–Kier alpha value is -2.14. The molecule has 0 unspecified atom stereocenters. The molecule has 1 N–H and O–H groups in total. The zero-order chi connectivity index (χ0) is 13.9. The van der Waals surface area contributed by atoms with Gasteiger partial charge >= 0.3 is 0 Å². The molecule has 3 rings (SSSR count). The summed E-state index contributed by atoms with van der Waals surface area (Å²) in [6, 6.07) is 7.86. The van der Waals surface area contributed by atoms with Crippen LogP contribution >= 0.6 is 11.6 Å². The van der Waals surface area contributed by atoms with Crippen molar-refractivity contribution in [1.29, 1.82) is 0 Å². The topological polar surface area (TPSA) is 55.1 Å². The Bertz CT molecular complexity index is 737. The van der Waals surface area contributed by atoms with Crippen LogP contribution in [0.4, 0.5) is 5.82 Å². The molecule has 2 aromatic heterocycles. The highest BCUT2D eigenvalue weighted by atomic mass is 35.5. The number of nitrogens with one attached hydrogen (secondary N) is 1. The maximum Gasteiger partial charge on any atom is 0.203 e. The van der Waals surface area contributed by atoms with E-state index in [0.717, 1.165) is 35.3 Å². The smallest absolute Gasteiger partial charge is 0.203 e. The molecule has 0 saturated carbocycles. The first kappa shape index (κ1) is 12.9. The highest BCUT2D eigenvalue weighted by Crippen LogP contribution is 2.13. The highest BCUT2D eigenvalue weighted by molar-refractivity contribution is 6.30. The fourth-order valence-electron chi connectivity index (χ4n) is 2.08. The first-order chi connectivity index (χ1) is 9.74. The largest absolute Gasteiger partial charge is 0.367 e. The molecule has 0 radical (unpaired) electrons. The summed E-state index contributed by atoms with van der Waals surface area (Å²) in [6.07, 6.45) is 4.47. The first-order valence-corrected chi connectivity index (χ1v) is 6.76. The fourth-order valence-corrected chi connectivity index (χ4v) is 2.30. The van der Waals surface area contributed by atoms with E-state index >= 15 is 0 Å². The molecule has 6 heteroatoms. The fraction of sp³-hybridized carbons (Fsp3) is 0.214. The second kappa shape index (κ2) is 5.46. The molecule has 0 aliphatic carbocycles. The zero-order valence-corrected chi connectivity index (χ0v) is 11.8. The van der Waals surface area contributed by atoms with Crippen molar-refractivity contribution >= 4 is 23.1 Å². The van der Waals surface area contributed by atoms with E-state index in [4.69, 9.17) is 11.6 Å². The number of nitrogens with zero attached hydrogens (tertiary/aromatic N) is 4. The van der Waals surface area contributed by atoms with E-state index < -0.39 is 0 Å². The Kier molecular flexibility index (Phi) is 3.52. The average molecular weight is 288 g/mol. The van der Waals surface area contributed by atoms with Gasteiger partial charge in [-0.3, -0.25) is 4.40 Å². The van der Waals surface area contributed by atoms with Crippen molar-refractivity contribution in [2.45, 2.75) is 13.3 Å². The summed E-state index contributed by atoms with van der Waals surface area (Å²) in [5, 5.41) is 12.2. The third kappa shape index (κ3) is 2.58. The van der Waals surface area contributed by atoms with Gasteiger partial charge in [0.1, 0.15) is 5.82 Å².